The maximum Gasteiger partial charge on any atom is 0.251 e. The van der Waals surface area contributed by atoms with Crippen LogP contribution in [0.3, 0.4) is 0 Å². The van der Waals surface area contributed by atoms with Crippen molar-refractivity contribution >= 4 is 23.2 Å². The summed E-state index contributed by atoms with van der Waals surface area (Å²) in [6.07, 6.45) is 1.83. The van der Waals surface area contributed by atoms with Crippen LogP contribution in [0.15, 0.2) is 42.6 Å². The molecule has 0 fully saturated rings. The van der Waals surface area contributed by atoms with Crippen LogP contribution in [0.25, 0.3) is 5.65 Å². The lowest BCUT2D eigenvalue weighted by molar-refractivity contribution is 0.0950. The van der Waals surface area contributed by atoms with Crippen LogP contribution in [0.1, 0.15) is 27.2 Å². The number of nitrogens with one attached hydrogen (secondary N) is 1. The topological polar surface area (TPSA) is 46.4 Å². The quantitative estimate of drug-likeness (QED) is 0.752. The van der Waals surface area contributed by atoms with Crippen LogP contribution in [-0.4, -0.2) is 15.3 Å². The molecule has 0 aliphatic carbocycles. The summed E-state index contributed by atoms with van der Waals surface area (Å²) < 4.78 is 1.79. The zero-order chi connectivity index (χ0) is 15.7. The monoisotopic (exact) mass is 313 g/mol. The van der Waals surface area contributed by atoms with Gasteiger partial charge in [0, 0.05) is 11.8 Å². The predicted molar refractivity (Wildman–Crippen MR) is 87.3 cm³/mol. The average molecular weight is 314 g/mol. The van der Waals surface area contributed by atoms with Crippen LogP contribution in [0.5, 0.6) is 0 Å². The molecule has 0 spiro atoms. The zero-order valence-electron chi connectivity index (χ0n) is 12.4. The summed E-state index contributed by atoms with van der Waals surface area (Å²) in [6.45, 7) is 4.39. The van der Waals surface area contributed by atoms with Gasteiger partial charge in [0.15, 0.2) is 0 Å². The van der Waals surface area contributed by atoms with Crippen molar-refractivity contribution in [1.82, 2.24) is 14.7 Å². The maximum atomic E-state index is 12.2. The summed E-state index contributed by atoms with van der Waals surface area (Å²) >= 11 is 6.10. The van der Waals surface area contributed by atoms with Gasteiger partial charge < -0.3 is 5.32 Å². The summed E-state index contributed by atoms with van der Waals surface area (Å²) in [5, 5.41) is 3.48. The Morgan fingerprint density at radius 2 is 2.05 bits per heavy atom. The Morgan fingerprint density at radius 3 is 2.77 bits per heavy atom. The highest BCUT2D eigenvalue weighted by Gasteiger charge is 2.08. The number of amides is 1. The second-order valence-electron chi connectivity index (χ2n) is 5.29. The van der Waals surface area contributed by atoms with Gasteiger partial charge in [-0.1, -0.05) is 23.7 Å². The molecule has 2 heterocycles. The Labute approximate surface area is 133 Å². The number of halogens is 1. The minimum absolute atomic E-state index is 0.105. The van der Waals surface area contributed by atoms with E-state index in [1.165, 1.54) is 5.56 Å². The summed E-state index contributed by atoms with van der Waals surface area (Å²) in [7, 11) is 0. The first-order valence-electron chi connectivity index (χ1n) is 7.02. The first kappa shape index (κ1) is 14.6. The number of benzene rings is 1. The number of imidazole rings is 1. The van der Waals surface area contributed by atoms with E-state index in [1.54, 1.807) is 10.5 Å². The van der Waals surface area contributed by atoms with Crippen molar-refractivity contribution < 1.29 is 4.79 Å². The lowest BCUT2D eigenvalue weighted by atomic mass is 10.1. The third-order valence-corrected chi connectivity index (χ3v) is 4.00. The fourth-order valence-electron chi connectivity index (χ4n) is 2.27. The van der Waals surface area contributed by atoms with Crippen LogP contribution in [0.4, 0.5) is 0 Å². The third kappa shape index (κ3) is 2.83. The Morgan fingerprint density at radius 1 is 1.23 bits per heavy atom. The van der Waals surface area contributed by atoms with Gasteiger partial charge in [0.25, 0.3) is 5.91 Å². The summed E-state index contributed by atoms with van der Waals surface area (Å²) in [5.74, 6) is -0.105. The van der Waals surface area contributed by atoms with E-state index in [4.69, 9.17) is 11.6 Å². The fourth-order valence-corrected chi connectivity index (χ4v) is 2.48. The highest BCUT2D eigenvalue weighted by Crippen LogP contribution is 2.14. The number of aryl methyl sites for hydroxylation is 2. The van der Waals surface area contributed by atoms with Gasteiger partial charge in [-0.3, -0.25) is 9.20 Å². The molecule has 5 heteroatoms. The lowest BCUT2D eigenvalue weighted by Gasteiger charge is -2.06. The van der Waals surface area contributed by atoms with Crippen molar-refractivity contribution in [2.24, 2.45) is 0 Å². The van der Waals surface area contributed by atoms with Gasteiger partial charge in [0.05, 0.1) is 12.2 Å². The van der Waals surface area contributed by atoms with E-state index >= 15 is 0 Å². The molecule has 0 radical (unpaired) electrons. The minimum Gasteiger partial charge on any atom is -0.346 e. The second kappa shape index (κ2) is 5.81. The van der Waals surface area contributed by atoms with E-state index in [-0.39, 0.29) is 5.91 Å². The van der Waals surface area contributed by atoms with Crippen LogP contribution < -0.4 is 5.32 Å². The van der Waals surface area contributed by atoms with Gasteiger partial charge in [0.1, 0.15) is 10.8 Å². The fraction of sp³-hybridized carbons (Fsp3) is 0.176. The van der Waals surface area contributed by atoms with E-state index in [0.717, 1.165) is 16.9 Å². The number of carbonyl (C=O) groups excluding carboxylic acids is 1. The van der Waals surface area contributed by atoms with Gasteiger partial charge in [-0.25, -0.2) is 4.98 Å². The van der Waals surface area contributed by atoms with Gasteiger partial charge >= 0.3 is 0 Å². The molecule has 0 saturated heterocycles. The first-order chi connectivity index (χ1) is 10.5. The van der Waals surface area contributed by atoms with Crippen LogP contribution in [0, 0.1) is 13.8 Å². The van der Waals surface area contributed by atoms with E-state index < -0.39 is 0 Å². The van der Waals surface area contributed by atoms with E-state index in [2.05, 4.69) is 10.3 Å². The number of fused-ring (bicyclic) bond motifs is 1. The molecule has 112 valence electrons. The van der Waals surface area contributed by atoms with E-state index in [0.29, 0.717) is 17.3 Å². The number of nitrogens with zero attached hydrogens (tertiary/aromatic N) is 2. The number of carbonyl (C=O) groups is 1. The Bertz CT molecular complexity index is 854. The van der Waals surface area contributed by atoms with Crippen LogP contribution >= 0.6 is 11.6 Å². The van der Waals surface area contributed by atoms with Crippen molar-refractivity contribution in [1.29, 1.82) is 0 Å². The largest absolute Gasteiger partial charge is 0.346 e. The summed E-state index contributed by atoms with van der Waals surface area (Å²) in [4.78, 5) is 16.6. The van der Waals surface area contributed by atoms with Gasteiger partial charge in [-0.05, 0) is 49.2 Å². The summed E-state index contributed by atoms with van der Waals surface area (Å²) in [6, 6.07) is 11.2. The van der Waals surface area contributed by atoms with Gasteiger partial charge in [-0.2, -0.15) is 0 Å². The Hall–Kier alpha value is -2.33. The average Bonchev–Trinajstić information content (AvgIpc) is 2.92. The van der Waals surface area contributed by atoms with Crippen LogP contribution in [0.2, 0.25) is 5.15 Å². The maximum absolute atomic E-state index is 12.2. The molecule has 2 aromatic heterocycles. The smallest absolute Gasteiger partial charge is 0.251 e. The molecule has 1 amide bonds. The molecule has 1 aromatic carbocycles. The Kier molecular flexibility index (Phi) is 3.86. The number of hydrogen-bond donors (Lipinski definition) is 1. The van der Waals surface area contributed by atoms with Crippen molar-refractivity contribution in [3.05, 3.63) is 70.1 Å². The molecule has 4 nitrogen and oxygen atoms in total. The molecule has 22 heavy (non-hydrogen) atoms. The molecule has 0 atom stereocenters. The molecule has 1 N–H and O–H groups in total. The van der Waals surface area contributed by atoms with E-state index in [9.17, 15) is 4.79 Å². The Balaban J connectivity index is 1.74. The molecule has 3 rings (SSSR count). The molecule has 0 saturated carbocycles. The molecule has 0 unspecified atom stereocenters. The third-order valence-electron chi connectivity index (χ3n) is 3.69. The number of hydrogen-bond acceptors (Lipinski definition) is 2. The number of rotatable bonds is 3. The molecular weight excluding hydrogens is 298 g/mol. The predicted octanol–water partition coefficient (Wildman–Crippen LogP) is 3.53. The summed E-state index contributed by atoms with van der Waals surface area (Å²) in [5.41, 5.74) is 4.47. The normalized spacial score (nSPS) is 10.9. The van der Waals surface area contributed by atoms with Gasteiger partial charge in [0.2, 0.25) is 0 Å². The number of aromatic nitrogens is 2. The standard InChI is InChI=1S/C17H16ClN3O/c1-11-6-7-13(8-12(11)2)17(22)19-9-14-10-21-15(18)4-3-5-16(21)20-14/h3-8,10H,9H2,1-2H3,(H,19,22). The van der Waals surface area contributed by atoms with Crippen molar-refractivity contribution in [2.75, 3.05) is 0 Å². The minimum atomic E-state index is -0.105. The second-order valence-corrected chi connectivity index (χ2v) is 5.68. The first-order valence-corrected chi connectivity index (χ1v) is 7.40. The molecule has 0 aliphatic rings. The highest BCUT2D eigenvalue weighted by molar-refractivity contribution is 6.29. The zero-order valence-corrected chi connectivity index (χ0v) is 13.2. The lowest BCUT2D eigenvalue weighted by Crippen LogP contribution is -2.23. The number of pyridine rings is 1. The van der Waals surface area contributed by atoms with Crippen molar-refractivity contribution in [2.45, 2.75) is 20.4 Å². The molecule has 3 aromatic rings. The molecule has 0 bridgehead atoms. The highest BCUT2D eigenvalue weighted by atomic mass is 35.5. The van der Waals surface area contributed by atoms with Crippen LogP contribution in [-0.2, 0) is 6.54 Å². The van der Waals surface area contributed by atoms with Crippen molar-refractivity contribution in [3.63, 3.8) is 0 Å². The van der Waals surface area contributed by atoms with Crippen molar-refractivity contribution in [3.8, 4) is 0 Å². The van der Waals surface area contributed by atoms with Gasteiger partial charge in [-0.15, -0.1) is 0 Å². The SMILES string of the molecule is Cc1ccc(C(=O)NCc2cn3c(Cl)cccc3n2)cc1C. The van der Waals surface area contributed by atoms with E-state index in [1.807, 2.05) is 50.4 Å². The molecule has 0 aliphatic heterocycles. The molecular formula is C17H16ClN3O.